The molecule has 2 amide bonds. The molecular weight excluding hydrogens is 326 g/mol. The number of carbonyl (C=O) groups excluding carboxylic acids is 1. The van der Waals surface area contributed by atoms with Crippen molar-refractivity contribution in [2.45, 2.75) is 39.2 Å². The molecule has 24 heavy (non-hydrogen) atoms. The van der Waals surface area contributed by atoms with Gasteiger partial charge in [-0.3, -0.25) is 0 Å². The number of carbonyl (C=O) groups is 1. The lowest BCUT2D eigenvalue weighted by atomic mass is 10.1. The molecule has 5 nitrogen and oxygen atoms in total. The van der Waals surface area contributed by atoms with Crippen LogP contribution in [0.25, 0.3) is 0 Å². The van der Waals surface area contributed by atoms with E-state index in [1.54, 1.807) is 4.90 Å². The zero-order valence-corrected chi connectivity index (χ0v) is 15.5. The van der Waals surface area contributed by atoms with Crippen LogP contribution in [-0.4, -0.2) is 43.2 Å². The lowest BCUT2D eigenvalue weighted by Gasteiger charge is -2.17. The maximum absolute atomic E-state index is 12.0. The number of halogens is 1. The van der Waals surface area contributed by atoms with Crippen LogP contribution in [0.1, 0.15) is 32.3 Å². The number of likely N-dealkylation sites (tertiary alicyclic amines) is 1. The van der Waals surface area contributed by atoms with E-state index in [4.69, 9.17) is 10.5 Å². The molecule has 2 rings (SSSR count). The first kappa shape index (κ1) is 20.6. The Hall–Kier alpha value is -1.46. The van der Waals surface area contributed by atoms with Gasteiger partial charge in [-0.05, 0) is 36.8 Å². The Labute approximate surface area is 151 Å². The van der Waals surface area contributed by atoms with Gasteiger partial charge in [-0.15, -0.1) is 12.4 Å². The summed E-state index contributed by atoms with van der Waals surface area (Å²) in [7, 11) is 0. The molecule has 1 aliphatic rings. The zero-order chi connectivity index (χ0) is 16.7. The van der Waals surface area contributed by atoms with Gasteiger partial charge in [0.05, 0.1) is 6.61 Å². The molecule has 6 heteroatoms. The normalized spacial score (nSPS) is 16.8. The molecule has 1 atom stereocenters. The summed E-state index contributed by atoms with van der Waals surface area (Å²) in [6.45, 7) is 7.12. The van der Waals surface area contributed by atoms with Crippen molar-refractivity contribution in [1.29, 1.82) is 0 Å². The van der Waals surface area contributed by atoms with Gasteiger partial charge in [0.25, 0.3) is 0 Å². The fourth-order valence-electron chi connectivity index (χ4n) is 2.64. The molecule has 1 aromatic rings. The molecule has 0 aliphatic carbocycles. The third-order valence-corrected chi connectivity index (χ3v) is 4.11. The third-order valence-electron chi connectivity index (χ3n) is 4.11. The summed E-state index contributed by atoms with van der Waals surface area (Å²) in [5.41, 5.74) is 6.97. The van der Waals surface area contributed by atoms with Crippen molar-refractivity contribution in [2.75, 3.05) is 26.2 Å². The molecule has 1 heterocycles. The number of urea groups is 1. The van der Waals surface area contributed by atoms with Crippen LogP contribution in [0.5, 0.6) is 5.75 Å². The molecule has 1 fully saturated rings. The maximum Gasteiger partial charge on any atom is 0.317 e. The van der Waals surface area contributed by atoms with Gasteiger partial charge in [0.1, 0.15) is 5.75 Å². The number of hydrogen-bond donors (Lipinski definition) is 2. The average Bonchev–Trinajstić information content (AvgIpc) is 2.95. The van der Waals surface area contributed by atoms with Crippen LogP contribution in [0.3, 0.4) is 0 Å². The molecule has 3 N–H and O–H groups in total. The quantitative estimate of drug-likeness (QED) is 0.790. The van der Waals surface area contributed by atoms with Gasteiger partial charge in [0.15, 0.2) is 0 Å². The van der Waals surface area contributed by atoms with Gasteiger partial charge < -0.3 is 20.7 Å². The minimum absolute atomic E-state index is 0. The summed E-state index contributed by atoms with van der Waals surface area (Å²) < 4.78 is 5.88. The van der Waals surface area contributed by atoms with Crippen LogP contribution in [0.4, 0.5) is 4.79 Å². The number of nitrogens with one attached hydrogen (secondary N) is 1. The Morgan fingerprint density at radius 1 is 1.42 bits per heavy atom. The summed E-state index contributed by atoms with van der Waals surface area (Å²) in [4.78, 5) is 13.8. The largest absolute Gasteiger partial charge is 0.493 e. The highest BCUT2D eigenvalue weighted by Gasteiger charge is 2.23. The molecule has 136 valence electrons. The van der Waals surface area contributed by atoms with Crippen LogP contribution < -0.4 is 15.8 Å². The van der Waals surface area contributed by atoms with E-state index < -0.39 is 0 Å². The van der Waals surface area contributed by atoms with Crippen molar-refractivity contribution in [3.63, 3.8) is 0 Å². The van der Waals surface area contributed by atoms with Gasteiger partial charge in [0.2, 0.25) is 0 Å². The maximum atomic E-state index is 12.0. The van der Waals surface area contributed by atoms with E-state index in [0.717, 1.165) is 43.7 Å². The highest BCUT2D eigenvalue weighted by Crippen LogP contribution is 2.19. The number of benzene rings is 1. The summed E-state index contributed by atoms with van der Waals surface area (Å²) in [5, 5.41) is 2.97. The Morgan fingerprint density at radius 2 is 2.17 bits per heavy atom. The van der Waals surface area contributed by atoms with Gasteiger partial charge in [0, 0.05) is 25.7 Å². The fraction of sp³-hybridized carbons (Fsp3) is 0.611. The highest BCUT2D eigenvalue weighted by molar-refractivity contribution is 5.85. The second kappa shape index (κ2) is 10.4. The zero-order valence-electron chi connectivity index (χ0n) is 14.7. The monoisotopic (exact) mass is 355 g/mol. The number of hydrogen-bond acceptors (Lipinski definition) is 3. The second-order valence-electron chi connectivity index (χ2n) is 6.62. The standard InChI is InChI=1S/C18H29N3O2.ClH/c1-14(2)9-12-23-17-6-4-3-5-15(17)7-10-20-18(22)21-11-8-16(19)13-21;/h3-6,14,16H,7-13,19H2,1-2H3,(H,20,22);1H/t16-;/m0./s1. The number of nitrogens with zero attached hydrogens (tertiary/aromatic N) is 1. The highest BCUT2D eigenvalue weighted by atomic mass is 35.5. The summed E-state index contributed by atoms with van der Waals surface area (Å²) in [6.07, 6.45) is 2.70. The van der Waals surface area contributed by atoms with Gasteiger partial charge in [-0.1, -0.05) is 32.0 Å². The SMILES string of the molecule is CC(C)CCOc1ccccc1CCNC(=O)N1CC[C@H](N)C1.Cl. The first-order chi connectivity index (χ1) is 11.1. The van der Waals surface area contributed by atoms with Crippen molar-refractivity contribution in [3.8, 4) is 5.75 Å². The topological polar surface area (TPSA) is 67.6 Å². The van der Waals surface area contributed by atoms with E-state index >= 15 is 0 Å². The predicted octanol–water partition coefficient (Wildman–Crippen LogP) is 2.82. The Morgan fingerprint density at radius 3 is 2.83 bits per heavy atom. The van der Waals surface area contributed by atoms with Crippen LogP contribution in [0, 0.1) is 5.92 Å². The van der Waals surface area contributed by atoms with Crippen LogP contribution in [-0.2, 0) is 6.42 Å². The van der Waals surface area contributed by atoms with Gasteiger partial charge in [-0.2, -0.15) is 0 Å². The fourth-order valence-corrected chi connectivity index (χ4v) is 2.64. The second-order valence-corrected chi connectivity index (χ2v) is 6.62. The first-order valence-electron chi connectivity index (χ1n) is 8.55. The smallest absolute Gasteiger partial charge is 0.317 e. The first-order valence-corrected chi connectivity index (χ1v) is 8.55. The van der Waals surface area contributed by atoms with Crippen molar-refractivity contribution in [1.82, 2.24) is 10.2 Å². The van der Waals surface area contributed by atoms with Crippen molar-refractivity contribution in [3.05, 3.63) is 29.8 Å². The molecule has 0 saturated carbocycles. The van der Waals surface area contributed by atoms with E-state index in [1.165, 1.54) is 0 Å². The number of amides is 2. The summed E-state index contributed by atoms with van der Waals surface area (Å²) in [5.74, 6) is 1.55. The van der Waals surface area contributed by atoms with Crippen LogP contribution in [0.15, 0.2) is 24.3 Å². The van der Waals surface area contributed by atoms with E-state index in [1.807, 2.05) is 18.2 Å². The van der Waals surface area contributed by atoms with Crippen molar-refractivity contribution < 1.29 is 9.53 Å². The molecule has 0 radical (unpaired) electrons. The van der Waals surface area contributed by atoms with E-state index in [-0.39, 0.29) is 24.5 Å². The molecule has 1 saturated heterocycles. The van der Waals surface area contributed by atoms with Crippen molar-refractivity contribution in [2.24, 2.45) is 11.7 Å². The van der Waals surface area contributed by atoms with Crippen LogP contribution in [0.2, 0.25) is 0 Å². The minimum atomic E-state index is -0.0174. The molecule has 0 bridgehead atoms. The number of ether oxygens (including phenoxy) is 1. The predicted molar refractivity (Wildman–Crippen MR) is 99.9 cm³/mol. The average molecular weight is 356 g/mol. The lowest BCUT2D eigenvalue weighted by Crippen LogP contribution is -2.40. The molecular formula is C18H30ClN3O2. The number of para-hydroxylation sites is 1. The Bertz CT molecular complexity index is 511. The van der Waals surface area contributed by atoms with Crippen molar-refractivity contribution >= 4 is 18.4 Å². The molecule has 0 aromatic heterocycles. The summed E-state index contributed by atoms with van der Waals surface area (Å²) >= 11 is 0. The summed E-state index contributed by atoms with van der Waals surface area (Å²) in [6, 6.07) is 8.15. The third kappa shape index (κ3) is 6.57. The van der Waals surface area contributed by atoms with E-state index in [9.17, 15) is 4.79 Å². The molecule has 1 aromatic carbocycles. The Balaban J connectivity index is 0.00000288. The molecule has 1 aliphatic heterocycles. The van der Waals surface area contributed by atoms with Crippen LogP contribution >= 0.6 is 12.4 Å². The molecule has 0 unspecified atom stereocenters. The van der Waals surface area contributed by atoms with Gasteiger partial charge in [-0.25, -0.2) is 4.79 Å². The molecule has 0 spiro atoms. The number of nitrogens with two attached hydrogens (primary N) is 1. The van der Waals surface area contributed by atoms with E-state index in [0.29, 0.717) is 19.0 Å². The van der Waals surface area contributed by atoms with Gasteiger partial charge >= 0.3 is 6.03 Å². The minimum Gasteiger partial charge on any atom is -0.493 e. The van der Waals surface area contributed by atoms with E-state index in [2.05, 4.69) is 25.2 Å². The number of rotatable bonds is 7. The Kier molecular flexibility index (Phi) is 8.93. The lowest BCUT2D eigenvalue weighted by molar-refractivity contribution is 0.208.